The molecule has 1 atom stereocenters. The Bertz CT molecular complexity index is 992. The number of aromatic amines is 1. The fourth-order valence-corrected chi connectivity index (χ4v) is 3.14. The van der Waals surface area contributed by atoms with E-state index >= 15 is 0 Å². The number of aryl methyl sites for hydroxylation is 1. The molecule has 6 nitrogen and oxygen atoms in total. The zero-order valence-electron chi connectivity index (χ0n) is 14.9. The van der Waals surface area contributed by atoms with E-state index in [1.54, 1.807) is 13.8 Å². The summed E-state index contributed by atoms with van der Waals surface area (Å²) in [7, 11) is 0. The molecule has 0 radical (unpaired) electrons. The van der Waals surface area contributed by atoms with Gasteiger partial charge in [-0.15, -0.1) is 0 Å². The van der Waals surface area contributed by atoms with Crippen molar-refractivity contribution >= 4 is 17.1 Å². The lowest BCUT2D eigenvalue weighted by Crippen LogP contribution is -2.51. The SMILES string of the molecule is [C-]#[N+]c1ccc2c(c1)C(COC(C)C)(C(F)(F)F)c1nc(C)[nH]c(=O)c1N2. The first-order chi connectivity index (χ1) is 12.6. The molecule has 2 N–H and O–H groups in total. The molecule has 0 saturated heterocycles. The van der Waals surface area contributed by atoms with Crippen LogP contribution in [0, 0.1) is 13.5 Å². The topological polar surface area (TPSA) is 71.4 Å². The molecule has 0 saturated carbocycles. The second-order valence-corrected chi connectivity index (χ2v) is 6.60. The van der Waals surface area contributed by atoms with E-state index < -0.39 is 35.6 Å². The van der Waals surface area contributed by atoms with E-state index in [0.29, 0.717) is 0 Å². The predicted octanol–water partition coefficient (Wildman–Crippen LogP) is 3.96. The predicted molar refractivity (Wildman–Crippen MR) is 93.5 cm³/mol. The summed E-state index contributed by atoms with van der Waals surface area (Å²) in [5, 5.41) is 2.74. The van der Waals surface area contributed by atoms with Crippen LogP contribution in [-0.4, -0.2) is 28.9 Å². The summed E-state index contributed by atoms with van der Waals surface area (Å²) in [6.07, 6.45) is -5.29. The molecule has 27 heavy (non-hydrogen) atoms. The van der Waals surface area contributed by atoms with Crippen LogP contribution in [0.4, 0.5) is 30.2 Å². The molecular weight excluding hydrogens is 361 g/mol. The lowest BCUT2D eigenvalue weighted by atomic mass is 9.73. The highest BCUT2D eigenvalue weighted by molar-refractivity contribution is 5.77. The summed E-state index contributed by atoms with van der Waals surface area (Å²) < 4.78 is 49.1. The van der Waals surface area contributed by atoms with E-state index in [-0.39, 0.29) is 28.5 Å². The number of halogens is 3. The summed E-state index contributed by atoms with van der Waals surface area (Å²) >= 11 is 0. The minimum Gasteiger partial charge on any atom is -0.377 e. The monoisotopic (exact) mass is 378 g/mol. The smallest absolute Gasteiger partial charge is 0.377 e. The van der Waals surface area contributed by atoms with Crippen LogP contribution < -0.4 is 10.9 Å². The van der Waals surface area contributed by atoms with Crippen LogP contribution in [0.15, 0.2) is 23.0 Å². The van der Waals surface area contributed by atoms with Gasteiger partial charge in [0.2, 0.25) is 0 Å². The van der Waals surface area contributed by atoms with E-state index in [2.05, 4.69) is 20.1 Å². The van der Waals surface area contributed by atoms with E-state index in [1.165, 1.54) is 25.1 Å². The van der Waals surface area contributed by atoms with Crippen molar-refractivity contribution in [3.05, 3.63) is 57.1 Å². The number of anilines is 2. The van der Waals surface area contributed by atoms with Gasteiger partial charge in [0.1, 0.15) is 11.5 Å². The van der Waals surface area contributed by atoms with Crippen molar-refractivity contribution in [3.63, 3.8) is 0 Å². The summed E-state index contributed by atoms with van der Waals surface area (Å²) in [6.45, 7) is 11.1. The molecule has 142 valence electrons. The third kappa shape index (κ3) is 2.96. The maximum Gasteiger partial charge on any atom is 0.406 e. The van der Waals surface area contributed by atoms with Gasteiger partial charge in [-0.05, 0) is 38.5 Å². The van der Waals surface area contributed by atoms with Crippen LogP contribution in [0.25, 0.3) is 4.85 Å². The molecule has 1 aromatic heterocycles. The number of fused-ring (bicyclic) bond motifs is 2. The zero-order valence-corrected chi connectivity index (χ0v) is 14.9. The molecule has 1 aliphatic heterocycles. The van der Waals surface area contributed by atoms with Gasteiger partial charge in [0, 0.05) is 5.69 Å². The van der Waals surface area contributed by atoms with Crippen molar-refractivity contribution in [2.24, 2.45) is 0 Å². The van der Waals surface area contributed by atoms with Crippen molar-refractivity contribution in [1.82, 2.24) is 9.97 Å². The molecule has 1 aliphatic rings. The second kappa shape index (κ2) is 6.39. The van der Waals surface area contributed by atoms with Crippen molar-refractivity contribution in [1.29, 1.82) is 0 Å². The first kappa shape index (κ1) is 18.9. The third-order valence-corrected chi connectivity index (χ3v) is 4.41. The molecule has 2 aromatic rings. The van der Waals surface area contributed by atoms with Gasteiger partial charge in [-0.3, -0.25) is 4.79 Å². The van der Waals surface area contributed by atoms with Crippen LogP contribution in [0.2, 0.25) is 0 Å². The molecule has 1 unspecified atom stereocenters. The summed E-state index contributed by atoms with van der Waals surface area (Å²) in [5.74, 6) is 0.0588. The highest BCUT2D eigenvalue weighted by Gasteiger charge is 2.62. The molecule has 0 aliphatic carbocycles. The van der Waals surface area contributed by atoms with Gasteiger partial charge < -0.3 is 15.0 Å². The second-order valence-electron chi connectivity index (χ2n) is 6.60. The average Bonchev–Trinajstić information content (AvgIpc) is 2.57. The highest BCUT2D eigenvalue weighted by Crippen LogP contribution is 2.53. The number of hydrogen-bond donors (Lipinski definition) is 2. The first-order valence-electron chi connectivity index (χ1n) is 8.19. The molecular formula is C18H17F3N4O2. The largest absolute Gasteiger partial charge is 0.406 e. The number of H-pyrrole nitrogens is 1. The molecule has 0 amide bonds. The number of nitrogens with one attached hydrogen (secondary N) is 2. The minimum atomic E-state index is -4.82. The Balaban J connectivity index is 2.42. The number of nitrogens with zero attached hydrogens (tertiary/aromatic N) is 2. The third-order valence-electron chi connectivity index (χ3n) is 4.41. The van der Waals surface area contributed by atoms with E-state index in [0.717, 1.165) is 0 Å². The van der Waals surface area contributed by atoms with E-state index in [4.69, 9.17) is 11.3 Å². The van der Waals surface area contributed by atoms with Crippen molar-refractivity contribution in [2.45, 2.75) is 38.5 Å². The maximum atomic E-state index is 14.6. The average molecular weight is 378 g/mol. The molecule has 0 bridgehead atoms. The fraction of sp³-hybridized carbons (Fsp3) is 0.389. The van der Waals surface area contributed by atoms with Crippen LogP contribution in [-0.2, 0) is 10.2 Å². The van der Waals surface area contributed by atoms with E-state index in [1.807, 2.05) is 0 Å². The Morgan fingerprint density at radius 1 is 1.37 bits per heavy atom. The highest BCUT2D eigenvalue weighted by atomic mass is 19.4. The molecule has 2 heterocycles. The van der Waals surface area contributed by atoms with Gasteiger partial charge in [-0.1, -0.05) is 6.07 Å². The summed E-state index contributed by atoms with van der Waals surface area (Å²) in [5.41, 5.74) is -4.13. The summed E-state index contributed by atoms with van der Waals surface area (Å²) in [4.78, 5) is 22.0. The molecule has 0 fully saturated rings. The standard InChI is InChI=1S/C18H17F3N4O2/c1-9(2)27-8-17(18(19,20)21)12-7-11(22-4)5-6-13(12)25-14-15(17)23-10(3)24-16(14)26/h5-7,9,25H,8H2,1-3H3,(H,23,24,26). The van der Waals surface area contributed by atoms with Gasteiger partial charge in [-0.2, -0.15) is 13.2 Å². The quantitative estimate of drug-likeness (QED) is 0.793. The fourth-order valence-electron chi connectivity index (χ4n) is 3.14. The number of aromatic nitrogens is 2. The van der Waals surface area contributed by atoms with Crippen molar-refractivity contribution in [3.8, 4) is 0 Å². The number of alkyl halides is 3. The Kier molecular flexibility index (Phi) is 4.48. The Labute approximate surface area is 153 Å². The van der Waals surface area contributed by atoms with Crippen LogP contribution in [0.1, 0.15) is 30.9 Å². The zero-order chi connectivity index (χ0) is 20.0. The first-order valence-corrected chi connectivity index (χ1v) is 8.19. The van der Waals surface area contributed by atoms with Crippen molar-refractivity contribution < 1.29 is 17.9 Å². The summed E-state index contributed by atoms with van der Waals surface area (Å²) in [6, 6.07) is 3.93. The van der Waals surface area contributed by atoms with Gasteiger partial charge in [-0.25, -0.2) is 9.83 Å². The van der Waals surface area contributed by atoms with Gasteiger partial charge in [0.15, 0.2) is 11.1 Å². The number of hydrogen-bond acceptors (Lipinski definition) is 4. The van der Waals surface area contributed by atoms with Gasteiger partial charge >= 0.3 is 6.18 Å². The lowest BCUT2D eigenvalue weighted by molar-refractivity contribution is -0.196. The normalized spacial score (nSPS) is 18.4. The van der Waals surface area contributed by atoms with Crippen LogP contribution in [0.5, 0.6) is 0 Å². The van der Waals surface area contributed by atoms with Crippen LogP contribution in [0.3, 0.4) is 0 Å². The molecule has 3 rings (SSSR count). The lowest BCUT2D eigenvalue weighted by Gasteiger charge is -2.41. The molecule has 1 aromatic carbocycles. The number of ether oxygens (including phenoxy) is 1. The van der Waals surface area contributed by atoms with E-state index in [9.17, 15) is 18.0 Å². The molecule has 0 spiro atoms. The van der Waals surface area contributed by atoms with Gasteiger partial charge in [0.05, 0.1) is 25.0 Å². The minimum absolute atomic E-state index is 0.0544. The Hall–Kier alpha value is -2.86. The Morgan fingerprint density at radius 3 is 2.67 bits per heavy atom. The maximum absolute atomic E-state index is 14.6. The van der Waals surface area contributed by atoms with Gasteiger partial charge in [0.25, 0.3) is 5.56 Å². The number of benzene rings is 1. The van der Waals surface area contributed by atoms with Crippen molar-refractivity contribution in [2.75, 3.05) is 11.9 Å². The molecule has 9 heteroatoms. The van der Waals surface area contributed by atoms with Crippen LogP contribution >= 0.6 is 0 Å². The number of rotatable bonds is 3. The Morgan fingerprint density at radius 2 is 2.07 bits per heavy atom.